The van der Waals surface area contributed by atoms with Crippen molar-refractivity contribution in [1.29, 1.82) is 0 Å². The van der Waals surface area contributed by atoms with Crippen molar-refractivity contribution in [3.8, 4) is 17.1 Å². The number of benzene rings is 2. The number of hydrogen-bond donors (Lipinski definition) is 0. The Kier molecular flexibility index (Phi) is 6.52. The minimum Gasteiger partial charge on any atom is -0.343 e. The van der Waals surface area contributed by atoms with E-state index in [2.05, 4.69) is 60.4 Å². The molecule has 0 aliphatic heterocycles. The molecule has 0 saturated carbocycles. The zero-order valence-electron chi connectivity index (χ0n) is 16.8. The first-order valence-corrected chi connectivity index (χ1v) is 10.5. The summed E-state index contributed by atoms with van der Waals surface area (Å²) >= 11 is 1.43. The van der Waals surface area contributed by atoms with Gasteiger partial charge in [0.15, 0.2) is 11.0 Å². The topological polar surface area (TPSA) is 51.0 Å². The number of carbonyl (C=O) groups is 1. The van der Waals surface area contributed by atoms with Crippen molar-refractivity contribution >= 4 is 17.7 Å². The van der Waals surface area contributed by atoms with Gasteiger partial charge >= 0.3 is 0 Å². The average Bonchev–Trinajstić information content (AvgIpc) is 3.12. The third-order valence-corrected chi connectivity index (χ3v) is 5.56. The van der Waals surface area contributed by atoms with Crippen LogP contribution in [0.4, 0.5) is 0 Å². The van der Waals surface area contributed by atoms with E-state index in [1.165, 1.54) is 22.9 Å². The monoisotopic (exact) mass is 394 g/mol. The molecule has 3 aromatic rings. The van der Waals surface area contributed by atoms with Crippen molar-refractivity contribution in [1.82, 2.24) is 19.7 Å². The first-order chi connectivity index (χ1) is 13.5. The predicted octanol–water partition coefficient (Wildman–Crippen LogP) is 4.51. The van der Waals surface area contributed by atoms with Gasteiger partial charge in [-0.2, -0.15) is 0 Å². The Hall–Kier alpha value is -2.60. The first-order valence-electron chi connectivity index (χ1n) is 9.53. The molecule has 3 rings (SSSR count). The van der Waals surface area contributed by atoms with Crippen molar-refractivity contribution in [2.75, 3.05) is 18.8 Å². The number of thioether (sulfide) groups is 1. The molecule has 0 unspecified atom stereocenters. The van der Waals surface area contributed by atoms with Gasteiger partial charge in [-0.15, -0.1) is 10.2 Å². The SMILES string of the molecule is CCN(CC)C(=O)CSc1nnc(-c2cccc(C)c2)n1-c1ccc(C)cc1. The smallest absolute Gasteiger partial charge is 0.233 e. The second-order valence-electron chi connectivity index (χ2n) is 6.70. The van der Waals surface area contributed by atoms with Crippen molar-refractivity contribution in [3.63, 3.8) is 0 Å². The lowest BCUT2D eigenvalue weighted by molar-refractivity contribution is -0.127. The van der Waals surface area contributed by atoms with Crippen LogP contribution in [-0.2, 0) is 4.79 Å². The molecule has 0 aliphatic rings. The molecule has 0 bridgehead atoms. The fraction of sp³-hybridized carbons (Fsp3) is 0.318. The summed E-state index contributed by atoms with van der Waals surface area (Å²) in [4.78, 5) is 14.3. The quantitative estimate of drug-likeness (QED) is 0.553. The summed E-state index contributed by atoms with van der Waals surface area (Å²) in [7, 11) is 0. The van der Waals surface area contributed by atoms with E-state index < -0.39 is 0 Å². The van der Waals surface area contributed by atoms with E-state index in [4.69, 9.17) is 0 Å². The maximum atomic E-state index is 12.4. The normalized spacial score (nSPS) is 10.9. The summed E-state index contributed by atoms with van der Waals surface area (Å²) in [5.41, 5.74) is 4.36. The van der Waals surface area contributed by atoms with Gasteiger partial charge in [0.1, 0.15) is 0 Å². The third-order valence-electron chi connectivity index (χ3n) is 4.64. The van der Waals surface area contributed by atoms with Crippen molar-refractivity contribution in [2.24, 2.45) is 0 Å². The highest BCUT2D eigenvalue weighted by atomic mass is 32.2. The Balaban J connectivity index is 1.98. The number of rotatable bonds is 7. The molecular weight excluding hydrogens is 368 g/mol. The maximum absolute atomic E-state index is 12.4. The minimum absolute atomic E-state index is 0.116. The molecule has 28 heavy (non-hydrogen) atoms. The Morgan fingerprint density at radius 3 is 2.36 bits per heavy atom. The predicted molar refractivity (Wildman–Crippen MR) is 115 cm³/mol. The number of amides is 1. The third kappa shape index (κ3) is 4.44. The molecule has 0 saturated heterocycles. The van der Waals surface area contributed by atoms with Crippen LogP contribution in [0.25, 0.3) is 17.1 Å². The highest BCUT2D eigenvalue weighted by Crippen LogP contribution is 2.28. The molecule has 6 heteroatoms. The standard InChI is InChI=1S/C22H26N4OS/c1-5-25(6-2)20(27)15-28-22-24-23-21(18-9-7-8-17(4)14-18)26(22)19-12-10-16(3)11-13-19/h7-14H,5-6,15H2,1-4H3. The van der Waals surface area contributed by atoms with Gasteiger partial charge in [0.2, 0.25) is 5.91 Å². The fourth-order valence-corrected chi connectivity index (χ4v) is 3.91. The van der Waals surface area contributed by atoms with E-state index in [0.717, 1.165) is 35.3 Å². The van der Waals surface area contributed by atoms with E-state index in [1.54, 1.807) is 0 Å². The summed E-state index contributed by atoms with van der Waals surface area (Å²) in [6, 6.07) is 16.5. The lowest BCUT2D eigenvalue weighted by atomic mass is 10.1. The fourth-order valence-electron chi connectivity index (χ4n) is 3.06. The molecule has 1 amide bonds. The lowest BCUT2D eigenvalue weighted by Gasteiger charge is -2.18. The Morgan fingerprint density at radius 2 is 1.71 bits per heavy atom. The Labute approximate surface area is 170 Å². The number of aryl methyl sites for hydroxylation is 2. The highest BCUT2D eigenvalue weighted by Gasteiger charge is 2.18. The van der Waals surface area contributed by atoms with Crippen molar-refractivity contribution in [3.05, 3.63) is 59.7 Å². The van der Waals surface area contributed by atoms with Crippen molar-refractivity contribution < 1.29 is 4.79 Å². The number of carbonyl (C=O) groups excluding carboxylic acids is 1. The molecule has 0 atom stereocenters. The second-order valence-corrected chi connectivity index (χ2v) is 7.64. The molecule has 1 aromatic heterocycles. The molecule has 146 valence electrons. The van der Waals surface area contributed by atoms with Crippen molar-refractivity contribution in [2.45, 2.75) is 32.9 Å². The molecule has 0 spiro atoms. The second kappa shape index (κ2) is 9.06. The molecule has 0 aliphatic carbocycles. The van der Waals surface area contributed by atoms with Gasteiger partial charge in [-0.05, 0) is 45.9 Å². The number of hydrogen-bond acceptors (Lipinski definition) is 4. The van der Waals surface area contributed by atoms with Gasteiger partial charge in [0, 0.05) is 24.3 Å². The summed E-state index contributed by atoms with van der Waals surface area (Å²) in [5, 5.41) is 9.59. The highest BCUT2D eigenvalue weighted by molar-refractivity contribution is 7.99. The largest absolute Gasteiger partial charge is 0.343 e. The van der Waals surface area contributed by atoms with Crippen LogP contribution >= 0.6 is 11.8 Å². The zero-order valence-corrected chi connectivity index (χ0v) is 17.7. The van der Waals surface area contributed by atoms with Crippen LogP contribution in [0.3, 0.4) is 0 Å². The lowest BCUT2D eigenvalue weighted by Crippen LogP contribution is -2.31. The van der Waals surface area contributed by atoms with Crippen LogP contribution in [0.5, 0.6) is 0 Å². The summed E-state index contributed by atoms with van der Waals surface area (Å²) < 4.78 is 2.04. The van der Waals surface area contributed by atoms with Crippen LogP contribution in [0.1, 0.15) is 25.0 Å². The van der Waals surface area contributed by atoms with Crippen LogP contribution < -0.4 is 0 Å². The van der Waals surface area contributed by atoms with E-state index >= 15 is 0 Å². The maximum Gasteiger partial charge on any atom is 0.233 e. The molecular formula is C22H26N4OS. The van der Waals surface area contributed by atoms with Gasteiger partial charge in [0.25, 0.3) is 0 Å². The van der Waals surface area contributed by atoms with Gasteiger partial charge in [-0.25, -0.2) is 0 Å². The number of aromatic nitrogens is 3. The van der Waals surface area contributed by atoms with Crippen LogP contribution in [0, 0.1) is 13.8 Å². The summed E-state index contributed by atoms with van der Waals surface area (Å²) in [6.07, 6.45) is 0. The molecule has 0 N–H and O–H groups in total. The number of nitrogens with zero attached hydrogens (tertiary/aromatic N) is 4. The Morgan fingerprint density at radius 1 is 1.00 bits per heavy atom. The summed E-state index contributed by atoms with van der Waals surface area (Å²) in [6.45, 7) is 9.56. The van der Waals surface area contributed by atoms with Gasteiger partial charge in [0.05, 0.1) is 5.75 Å². The molecule has 0 fully saturated rings. The minimum atomic E-state index is 0.116. The van der Waals surface area contributed by atoms with E-state index in [1.807, 2.05) is 35.4 Å². The first kappa shape index (κ1) is 20.1. The summed E-state index contributed by atoms with van der Waals surface area (Å²) in [5.74, 6) is 1.25. The average molecular weight is 395 g/mol. The van der Waals surface area contributed by atoms with Crippen LogP contribution in [0.2, 0.25) is 0 Å². The van der Waals surface area contributed by atoms with Gasteiger partial charge < -0.3 is 4.90 Å². The van der Waals surface area contributed by atoms with Crippen LogP contribution in [-0.4, -0.2) is 44.4 Å². The van der Waals surface area contributed by atoms with E-state index in [0.29, 0.717) is 5.75 Å². The Bertz CT molecular complexity index is 945. The zero-order chi connectivity index (χ0) is 20.1. The van der Waals surface area contributed by atoms with Gasteiger partial charge in [-0.3, -0.25) is 9.36 Å². The molecule has 0 radical (unpaired) electrons. The molecule has 2 aromatic carbocycles. The molecule has 5 nitrogen and oxygen atoms in total. The van der Waals surface area contributed by atoms with E-state index in [-0.39, 0.29) is 5.91 Å². The van der Waals surface area contributed by atoms with Crippen LogP contribution in [0.15, 0.2) is 53.7 Å². The molecule has 1 heterocycles. The van der Waals surface area contributed by atoms with E-state index in [9.17, 15) is 4.79 Å². The van der Waals surface area contributed by atoms with Gasteiger partial charge in [-0.1, -0.05) is 53.2 Å².